The van der Waals surface area contributed by atoms with Crippen LogP contribution in [0.1, 0.15) is 43.5 Å². The summed E-state index contributed by atoms with van der Waals surface area (Å²) in [6.45, 7) is 5.25. The molecule has 3 N–H and O–H groups in total. The maximum Gasteiger partial charge on any atom is 0.251 e. The second-order valence-electron chi connectivity index (χ2n) is 6.67. The van der Waals surface area contributed by atoms with Gasteiger partial charge in [-0.25, -0.2) is 0 Å². The molecular formula is C18H28Cl2N2O3. The van der Waals surface area contributed by atoms with Gasteiger partial charge in [0.15, 0.2) is 11.5 Å². The van der Waals surface area contributed by atoms with E-state index in [1.54, 1.807) is 12.1 Å². The summed E-state index contributed by atoms with van der Waals surface area (Å²) < 4.78 is 11.1. The van der Waals surface area contributed by atoms with Gasteiger partial charge in [0, 0.05) is 18.2 Å². The average molecular weight is 391 g/mol. The third-order valence-electron chi connectivity index (χ3n) is 4.19. The number of benzene rings is 1. The molecular weight excluding hydrogens is 363 g/mol. The van der Waals surface area contributed by atoms with Crippen LogP contribution in [0.5, 0.6) is 11.5 Å². The van der Waals surface area contributed by atoms with E-state index >= 15 is 0 Å². The Morgan fingerprint density at radius 2 is 2.08 bits per heavy atom. The zero-order valence-corrected chi connectivity index (χ0v) is 16.6. The molecule has 0 spiro atoms. The summed E-state index contributed by atoms with van der Waals surface area (Å²) in [5.41, 5.74) is 6.19. The van der Waals surface area contributed by atoms with Gasteiger partial charge >= 0.3 is 0 Å². The van der Waals surface area contributed by atoms with E-state index in [0.29, 0.717) is 47.1 Å². The number of nitrogens with two attached hydrogens (primary N) is 1. The fraction of sp³-hybridized carbons (Fsp3) is 0.611. The number of hydrogen-bond donors (Lipinski definition) is 2. The Labute approximate surface area is 161 Å². The van der Waals surface area contributed by atoms with Gasteiger partial charge in [-0.05, 0) is 43.2 Å². The van der Waals surface area contributed by atoms with Crippen LogP contribution in [0.15, 0.2) is 12.1 Å². The molecule has 1 atom stereocenters. The first-order chi connectivity index (χ1) is 11.5. The Hall–Kier alpha value is -1.17. The second-order valence-corrected chi connectivity index (χ2v) is 7.08. The highest BCUT2D eigenvalue weighted by Crippen LogP contribution is 2.37. The molecule has 1 fully saturated rings. The number of hydrogen-bond acceptors (Lipinski definition) is 4. The SMILES string of the molecule is COc1cc(C(=O)NC(CN)C2CC2)cc(Cl)c1OCCC(C)C.Cl. The van der Waals surface area contributed by atoms with Gasteiger partial charge in [-0.1, -0.05) is 25.4 Å². The number of rotatable bonds is 9. The van der Waals surface area contributed by atoms with Crippen molar-refractivity contribution in [3.05, 3.63) is 22.7 Å². The van der Waals surface area contributed by atoms with Crippen LogP contribution in [-0.2, 0) is 0 Å². The summed E-state index contributed by atoms with van der Waals surface area (Å²) in [4.78, 5) is 12.5. The van der Waals surface area contributed by atoms with Gasteiger partial charge < -0.3 is 20.5 Å². The van der Waals surface area contributed by atoms with Crippen molar-refractivity contribution < 1.29 is 14.3 Å². The zero-order chi connectivity index (χ0) is 17.7. The van der Waals surface area contributed by atoms with E-state index in [4.69, 9.17) is 26.8 Å². The molecule has 0 heterocycles. The highest BCUT2D eigenvalue weighted by Gasteiger charge is 2.31. The summed E-state index contributed by atoms with van der Waals surface area (Å²) >= 11 is 6.31. The van der Waals surface area contributed by atoms with Crippen molar-refractivity contribution in [3.63, 3.8) is 0 Å². The smallest absolute Gasteiger partial charge is 0.251 e. The minimum atomic E-state index is -0.189. The van der Waals surface area contributed by atoms with E-state index in [0.717, 1.165) is 19.3 Å². The van der Waals surface area contributed by atoms with Crippen molar-refractivity contribution in [2.45, 2.75) is 39.2 Å². The normalized spacial score (nSPS) is 14.6. The molecule has 1 saturated carbocycles. The van der Waals surface area contributed by atoms with Crippen LogP contribution in [0.25, 0.3) is 0 Å². The number of halogens is 2. The van der Waals surface area contributed by atoms with E-state index in [1.807, 2.05) is 0 Å². The number of amides is 1. The Kier molecular flexibility index (Phi) is 8.83. The van der Waals surface area contributed by atoms with Crippen molar-refractivity contribution in [1.29, 1.82) is 0 Å². The lowest BCUT2D eigenvalue weighted by Gasteiger charge is -2.18. The average Bonchev–Trinajstić information content (AvgIpc) is 3.37. The topological polar surface area (TPSA) is 73.6 Å². The summed E-state index contributed by atoms with van der Waals surface area (Å²) in [6.07, 6.45) is 3.16. The molecule has 0 radical (unpaired) electrons. The Morgan fingerprint density at radius 1 is 1.40 bits per heavy atom. The minimum absolute atomic E-state index is 0. The van der Waals surface area contributed by atoms with Gasteiger partial charge in [0.1, 0.15) is 0 Å². The van der Waals surface area contributed by atoms with E-state index in [-0.39, 0.29) is 24.4 Å². The Balaban J connectivity index is 0.00000312. The van der Waals surface area contributed by atoms with Crippen LogP contribution in [0, 0.1) is 11.8 Å². The molecule has 1 aliphatic carbocycles. The second kappa shape index (κ2) is 10.1. The quantitative estimate of drug-likeness (QED) is 0.674. The first-order valence-electron chi connectivity index (χ1n) is 8.47. The number of methoxy groups -OCH3 is 1. The molecule has 7 heteroatoms. The molecule has 142 valence electrons. The molecule has 0 bridgehead atoms. The molecule has 25 heavy (non-hydrogen) atoms. The third kappa shape index (κ3) is 6.24. The highest BCUT2D eigenvalue weighted by atomic mass is 35.5. The Bertz CT molecular complexity index is 578. The van der Waals surface area contributed by atoms with Crippen molar-refractivity contribution in [2.75, 3.05) is 20.3 Å². The molecule has 1 aromatic carbocycles. The maximum absolute atomic E-state index is 12.5. The van der Waals surface area contributed by atoms with Crippen LogP contribution >= 0.6 is 24.0 Å². The van der Waals surface area contributed by atoms with Crippen LogP contribution in [0.4, 0.5) is 0 Å². The van der Waals surface area contributed by atoms with Crippen LogP contribution in [-0.4, -0.2) is 32.2 Å². The Morgan fingerprint density at radius 3 is 2.60 bits per heavy atom. The van der Waals surface area contributed by atoms with E-state index in [1.165, 1.54) is 7.11 Å². The molecule has 0 saturated heterocycles. The molecule has 2 rings (SSSR count). The van der Waals surface area contributed by atoms with Crippen molar-refractivity contribution in [1.82, 2.24) is 5.32 Å². The standard InChI is InChI=1S/C18H27ClN2O3.ClH/c1-11(2)6-7-24-17-14(19)8-13(9-16(17)23-3)18(22)21-15(10-20)12-4-5-12;/h8-9,11-12,15H,4-7,10,20H2,1-3H3,(H,21,22);1H. The van der Waals surface area contributed by atoms with Gasteiger partial charge in [-0.3, -0.25) is 4.79 Å². The van der Waals surface area contributed by atoms with Crippen LogP contribution in [0.2, 0.25) is 5.02 Å². The number of nitrogens with one attached hydrogen (secondary N) is 1. The predicted molar refractivity (Wildman–Crippen MR) is 103 cm³/mol. The van der Waals surface area contributed by atoms with Gasteiger partial charge in [-0.15, -0.1) is 12.4 Å². The lowest BCUT2D eigenvalue weighted by molar-refractivity contribution is 0.0933. The van der Waals surface area contributed by atoms with Crippen LogP contribution < -0.4 is 20.5 Å². The van der Waals surface area contributed by atoms with Crippen LogP contribution in [0.3, 0.4) is 0 Å². The first-order valence-corrected chi connectivity index (χ1v) is 8.85. The van der Waals surface area contributed by atoms with Gasteiger partial charge in [0.05, 0.1) is 18.7 Å². The van der Waals surface area contributed by atoms with E-state index in [9.17, 15) is 4.79 Å². The van der Waals surface area contributed by atoms with E-state index < -0.39 is 0 Å². The van der Waals surface area contributed by atoms with Crippen molar-refractivity contribution in [2.24, 2.45) is 17.6 Å². The largest absolute Gasteiger partial charge is 0.493 e. The monoisotopic (exact) mass is 390 g/mol. The number of carbonyl (C=O) groups excluding carboxylic acids is 1. The summed E-state index contributed by atoms with van der Waals surface area (Å²) in [5, 5.41) is 3.36. The fourth-order valence-electron chi connectivity index (χ4n) is 2.51. The molecule has 0 aromatic heterocycles. The molecule has 0 aliphatic heterocycles. The molecule has 1 aromatic rings. The predicted octanol–water partition coefficient (Wildman–Crippen LogP) is 3.66. The summed E-state index contributed by atoms with van der Waals surface area (Å²) in [5.74, 6) is 1.79. The molecule has 1 unspecified atom stereocenters. The fourth-order valence-corrected chi connectivity index (χ4v) is 2.77. The lowest BCUT2D eigenvalue weighted by Crippen LogP contribution is -2.41. The summed E-state index contributed by atoms with van der Waals surface area (Å²) in [6, 6.07) is 3.29. The number of ether oxygens (including phenoxy) is 2. The van der Waals surface area contributed by atoms with Gasteiger partial charge in [0.25, 0.3) is 5.91 Å². The summed E-state index contributed by atoms with van der Waals surface area (Å²) in [7, 11) is 1.54. The minimum Gasteiger partial charge on any atom is -0.493 e. The van der Waals surface area contributed by atoms with Crippen molar-refractivity contribution >= 4 is 29.9 Å². The lowest BCUT2D eigenvalue weighted by atomic mass is 10.1. The van der Waals surface area contributed by atoms with Crippen molar-refractivity contribution in [3.8, 4) is 11.5 Å². The van der Waals surface area contributed by atoms with E-state index in [2.05, 4.69) is 19.2 Å². The first kappa shape index (κ1) is 21.9. The highest BCUT2D eigenvalue weighted by molar-refractivity contribution is 6.32. The van der Waals surface area contributed by atoms with Gasteiger partial charge in [0.2, 0.25) is 0 Å². The van der Waals surface area contributed by atoms with Gasteiger partial charge in [-0.2, -0.15) is 0 Å². The molecule has 1 aliphatic rings. The number of carbonyl (C=O) groups is 1. The maximum atomic E-state index is 12.5. The third-order valence-corrected chi connectivity index (χ3v) is 4.48. The molecule has 5 nitrogen and oxygen atoms in total. The molecule has 1 amide bonds. The zero-order valence-electron chi connectivity index (χ0n) is 15.0.